The van der Waals surface area contributed by atoms with Crippen LogP contribution < -0.4 is 5.32 Å². The lowest BCUT2D eigenvalue weighted by molar-refractivity contribution is 0.516. The summed E-state index contributed by atoms with van der Waals surface area (Å²) in [7, 11) is 0. The van der Waals surface area contributed by atoms with Crippen LogP contribution in [0.3, 0.4) is 0 Å². The summed E-state index contributed by atoms with van der Waals surface area (Å²) < 4.78 is 0. The summed E-state index contributed by atoms with van der Waals surface area (Å²) in [5.41, 5.74) is 1.29. The third-order valence-corrected chi connectivity index (χ3v) is 6.41. The second kappa shape index (κ2) is 6.40. The smallest absolute Gasteiger partial charge is 0.103 e. The van der Waals surface area contributed by atoms with E-state index in [4.69, 9.17) is 4.98 Å². The summed E-state index contributed by atoms with van der Waals surface area (Å²) >= 11 is 3.99. The molecular weight excluding hydrogens is 260 g/mol. The van der Waals surface area contributed by atoms with Gasteiger partial charge in [-0.15, -0.1) is 11.3 Å². The van der Waals surface area contributed by atoms with Crippen LogP contribution in [-0.2, 0) is 5.75 Å². The average Bonchev–Trinajstić information content (AvgIpc) is 3.08. The van der Waals surface area contributed by atoms with Gasteiger partial charge in [0, 0.05) is 16.4 Å². The fraction of sp³-hybridized carbons (Fsp3) is 0.786. The van der Waals surface area contributed by atoms with Gasteiger partial charge in [-0.05, 0) is 32.2 Å². The SMILES string of the molecule is c1sc(CSC2CCCCC2)nc1[C@@H]1CCCN1. The van der Waals surface area contributed by atoms with Crippen LogP contribution in [0.2, 0.25) is 0 Å². The van der Waals surface area contributed by atoms with E-state index in [1.165, 1.54) is 55.6 Å². The first-order valence-electron chi connectivity index (χ1n) is 7.21. The molecule has 4 heteroatoms. The first-order chi connectivity index (χ1) is 8.92. The van der Waals surface area contributed by atoms with Gasteiger partial charge >= 0.3 is 0 Å². The standard InChI is InChI=1S/C14H22N2S2/c1-2-5-11(6-3-1)17-10-14-16-13(9-18-14)12-7-4-8-15-12/h9,11-12,15H,1-8,10H2/t12-/m0/s1. The van der Waals surface area contributed by atoms with E-state index >= 15 is 0 Å². The largest absolute Gasteiger partial charge is 0.309 e. The number of aromatic nitrogens is 1. The molecule has 3 rings (SSSR count). The van der Waals surface area contributed by atoms with Gasteiger partial charge in [0.2, 0.25) is 0 Å². The van der Waals surface area contributed by atoms with Crippen LogP contribution in [0.5, 0.6) is 0 Å². The lowest BCUT2D eigenvalue weighted by atomic mass is 10.0. The molecule has 2 aliphatic rings. The molecule has 1 saturated carbocycles. The molecule has 1 N–H and O–H groups in total. The first-order valence-corrected chi connectivity index (χ1v) is 9.14. The van der Waals surface area contributed by atoms with E-state index in [0.717, 1.165) is 17.5 Å². The van der Waals surface area contributed by atoms with Crippen molar-refractivity contribution in [2.24, 2.45) is 0 Å². The van der Waals surface area contributed by atoms with Crippen molar-refractivity contribution in [2.75, 3.05) is 6.54 Å². The Bertz CT molecular complexity index is 366. The number of nitrogens with zero attached hydrogens (tertiary/aromatic N) is 1. The Labute approximate surface area is 118 Å². The minimum atomic E-state index is 0.537. The van der Waals surface area contributed by atoms with Crippen molar-refractivity contribution in [2.45, 2.75) is 62.0 Å². The van der Waals surface area contributed by atoms with Gasteiger partial charge < -0.3 is 5.32 Å². The molecule has 0 bridgehead atoms. The number of thiazole rings is 1. The van der Waals surface area contributed by atoms with Gasteiger partial charge in [0.1, 0.15) is 5.01 Å². The monoisotopic (exact) mass is 282 g/mol. The zero-order valence-corrected chi connectivity index (χ0v) is 12.5. The second-order valence-electron chi connectivity index (χ2n) is 5.39. The quantitative estimate of drug-likeness (QED) is 0.898. The summed E-state index contributed by atoms with van der Waals surface area (Å²) in [5.74, 6) is 1.13. The highest BCUT2D eigenvalue weighted by molar-refractivity contribution is 7.99. The molecule has 2 fully saturated rings. The van der Waals surface area contributed by atoms with E-state index in [9.17, 15) is 0 Å². The summed E-state index contributed by atoms with van der Waals surface area (Å²) in [6.45, 7) is 1.16. The maximum atomic E-state index is 4.81. The van der Waals surface area contributed by atoms with Crippen molar-refractivity contribution < 1.29 is 0 Å². The molecule has 1 aliphatic carbocycles. The number of nitrogens with one attached hydrogen (secondary N) is 1. The number of hydrogen-bond acceptors (Lipinski definition) is 4. The zero-order chi connectivity index (χ0) is 12.2. The van der Waals surface area contributed by atoms with E-state index in [0.29, 0.717) is 6.04 Å². The van der Waals surface area contributed by atoms with Crippen LogP contribution in [-0.4, -0.2) is 16.8 Å². The highest BCUT2D eigenvalue weighted by Gasteiger charge is 2.19. The Morgan fingerprint density at radius 1 is 1.22 bits per heavy atom. The van der Waals surface area contributed by atoms with E-state index in [1.807, 2.05) is 11.3 Å². The predicted molar refractivity (Wildman–Crippen MR) is 80.3 cm³/mol. The number of thioether (sulfide) groups is 1. The fourth-order valence-corrected chi connectivity index (χ4v) is 5.13. The van der Waals surface area contributed by atoms with Crippen molar-refractivity contribution in [1.29, 1.82) is 0 Å². The Hall–Kier alpha value is -0.0600. The van der Waals surface area contributed by atoms with Crippen molar-refractivity contribution in [1.82, 2.24) is 10.3 Å². The van der Waals surface area contributed by atoms with Gasteiger partial charge in [-0.25, -0.2) is 4.98 Å². The molecule has 18 heavy (non-hydrogen) atoms. The lowest BCUT2D eigenvalue weighted by Gasteiger charge is -2.20. The molecule has 100 valence electrons. The number of rotatable bonds is 4. The highest BCUT2D eigenvalue weighted by Crippen LogP contribution is 2.32. The normalized spacial score (nSPS) is 25.7. The van der Waals surface area contributed by atoms with Crippen molar-refractivity contribution >= 4 is 23.1 Å². The Balaban J connectivity index is 1.50. The van der Waals surface area contributed by atoms with Crippen LogP contribution in [0.4, 0.5) is 0 Å². The zero-order valence-electron chi connectivity index (χ0n) is 10.9. The minimum Gasteiger partial charge on any atom is -0.309 e. The Morgan fingerprint density at radius 3 is 2.89 bits per heavy atom. The third kappa shape index (κ3) is 3.28. The van der Waals surface area contributed by atoms with E-state index < -0.39 is 0 Å². The maximum Gasteiger partial charge on any atom is 0.103 e. The third-order valence-electron chi connectivity index (χ3n) is 3.98. The van der Waals surface area contributed by atoms with Crippen LogP contribution in [0.1, 0.15) is 61.7 Å². The molecule has 0 radical (unpaired) electrons. The summed E-state index contributed by atoms with van der Waals surface area (Å²) in [4.78, 5) is 4.81. The van der Waals surface area contributed by atoms with Gasteiger partial charge in [-0.2, -0.15) is 11.8 Å². The minimum absolute atomic E-state index is 0.537. The van der Waals surface area contributed by atoms with E-state index in [2.05, 4.69) is 22.5 Å². The molecule has 1 aromatic heterocycles. The molecule has 0 spiro atoms. The van der Waals surface area contributed by atoms with E-state index in [1.54, 1.807) is 0 Å². The van der Waals surface area contributed by atoms with Crippen LogP contribution in [0, 0.1) is 0 Å². The lowest BCUT2D eigenvalue weighted by Crippen LogP contribution is -2.13. The van der Waals surface area contributed by atoms with Crippen molar-refractivity contribution in [3.63, 3.8) is 0 Å². The number of hydrogen-bond donors (Lipinski definition) is 1. The Kier molecular flexibility index (Phi) is 4.60. The molecule has 1 aliphatic heterocycles. The molecule has 2 heterocycles. The maximum absolute atomic E-state index is 4.81. The highest BCUT2D eigenvalue weighted by atomic mass is 32.2. The summed E-state index contributed by atoms with van der Waals surface area (Å²) in [6.07, 6.45) is 9.73. The average molecular weight is 282 g/mol. The molecule has 2 nitrogen and oxygen atoms in total. The topological polar surface area (TPSA) is 24.9 Å². The predicted octanol–water partition coefficient (Wildman–Crippen LogP) is 4.13. The van der Waals surface area contributed by atoms with Crippen LogP contribution >= 0.6 is 23.1 Å². The summed E-state index contributed by atoms with van der Waals surface area (Å²) in [5, 5.41) is 8.02. The molecule has 0 aromatic carbocycles. The Morgan fingerprint density at radius 2 is 2.11 bits per heavy atom. The van der Waals surface area contributed by atoms with Crippen molar-refractivity contribution in [3.05, 3.63) is 16.1 Å². The van der Waals surface area contributed by atoms with Crippen molar-refractivity contribution in [3.8, 4) is 0 Å². The molecule has 0 unspecified atom stereocenters. The fourth-order valence-electron chi connectivity index (χ4n) is 2.91. The molecular formula is C14H22N2S2. The second-order valence-corrected chi connectivity index (χ2v) is 7.62. The van der Waals surface area contributed by atoms with Crippen LogP contribution in [0.25, 0.3) is 0 Å². The van der Waals surface area contributed by atoms with Gasteiger partial charge in [-0.3, -0.25) is 0 Å². The van der Waals surface area contributed by atoms with Gasteiger partial charge in [0.15, 0.2) is 0 Å². The molecule has 1 atom stereocenters. The molecule has 0 amide bonds. The van der Waals surface area contributed by atoms with Gasteiger partial charge in [0.25, 0.3) is 0 Å². The van der Waals surface area contributed by atoms with Gasteiger partial charge in [0.05, 0.1) is 11.7 Å². The molecule has 1 saturated heterocycles. The van der Waals surface area contributed by atoms with Gasteiger partial charge in [-0.1, -0.05) is 19.3 Å². The molecule has 1 aromatic rings. The van der Waals surface area contributed by atoms with E-state index in [-0.39, 0.29) is 0 Å². The first kappa shape index (κ1) is 12.9. The van der Waals surface area contributed by atoms with Crippen LogP contribution in [0.15, 0.2) is 5.38 Å². The summed E-state index contributed by atoms with van der Waals surface area (Å²) in [6, 6.07) is 0.537.